The molecule has 23 heavy (non-hydrogen) atoms. The minimum atomic E-state index is -0.948. The van der Waals surface area contributed by atoms with Crippen LogP contribution in [0.15, 0.2) is 23.1 Å². The summed E-state index contributed by atoms with van der Waals surface area (Å²) in [6, 6.07) is 5.83. The van der Waals surface area contributed by atoms with Gasteiger partial charge in [0.05, 0.1) is 11.3 Å². The van der Waals surface area contributed by atoms with Crippen LogP contribution in [-0.2, 0) is 16.0 Å². The molecule has 1 fully saturated rings. The molecular formula is C16H15NO4S2. The third-order valence-corrected chi connectivity index (χ3v) is 5.02. The summed E-state index contributed by atoms with van der Waals surface area (Å²) >= 11 is 6.38. The molecule has 0 aromatic heterocycles. The maximum absolute atomic E-state index is 12.4. The van der Waals surface area contributed by atoms with E-state index in [1.807, 2.05) is 25.1 Å². The maximum Gasteiger partial charge on any atom is 0.305 e. The zero-order chi connectivity index (χ0) is 16.6. The normalized spacial score (nSPS) is 21.7. The van der Waals surface area contributed by atoms with Crippen LogP contribution in [0, 0.1) is 0 Å². The van der Waals surface area contributed by atoms with Crippen LogP contribution < -0.4 is 4.74 Å². The van der Waals surface area contributed by atoms with Gasteiger partial charge in [0, 0.05) is 13.0 Å². The molecule has 1 N–H and O–H groups in total. The van der Waals surface area contributed by atoms with Gasteiger partial charge >= 0.3 is 5.97 Å². The van der Waals surface area contributed by atoms with Crippen molar-refractivity contribution < 1.29 is 19.4 Å². The molecule has 2 aliphatic rings. The molecule has 2 aliphatic heterocycles. The molecule has 1 amide bonds. The molecule has 7 heteroatoms. The second kappa shape index (κ2) is 6.33. The second-order valence-electron chi connectivity index (χ2n) is 5.48. The Balaban J connectivity index is 1.78. The summed E-state index contributed by atoms with van der Waals surface area (Å²) in [6.07, 6.45) is 2.71. The highest BCUT2D eigenvalue weighted by molar-refractivity contribution is 8.26. The molecule has 120 valence electrons. The summed E-state index contributed by atoms with van der Waals surface area (Å²) in [6.45, 7) is 2.13. The number of aliphatic carboxylic acids is 1. The molecule has 5 nitrogen and oxygen atoms in total. The van der Waals surface area contributed by atoms with Gasteiger partial charge in [-0.15, -0.1) is 0 Å². The first-order valence-electron chi connectivity index (χ1n) is 7.21. The van der Waals surface area contributed by atoms with Gasteiger partial charge in [0.25, 0.3) is 5.91 Å². The molecule has 0 aliphatic carbocycles. The smallest absolute Gasteiger partial charge is 0.305 e. The first kappa shape index (κ1) is 16.0. The summed E-state index contributed by atoms with van der Waals surface area (Å²) in [5.41, 5.74) is 2.05. The number of thioether (sulfide) groups is 1. The topological polar surface area (TPSA) is 66.8 Å². The number of amides is 1. The fourth-order valence-corrected chi connectivity index (χ4v) is 3.89. The van der Waals surface area contributed by atoms with E-state index in [1.54, 1.807) is 6.08 Å². The molecule has 2 heterocycles. The second-order valence-corrected chi connectivity index (χ2v) is 7.15. The fourth-order valence-electron chi connectivity index (χ4n) is 2.58. The first-order chi connectivity index (χ1) is 10.9. The van der Waals surface area contributed by atoms with E-state index in [2.05, 4.69) is 0 Å². The van der Waals surface area contributed by atoms with Crippen molar-refractivity contribution in [2.24, 2.45) is 0 Å². The molecule has 0 bridgehead atoms. The Kier molecular flexibility index (Phi) is 4.41. The van der Waals surface area contributed by atoms with Gasteiger partial charge in [-0.2, -0.15) is 0 Å². The van der Waals surface area contributed by atoms with Crippen LogP contribution in [0.4, 0.5) is 0 Å². The Morgan fingerprint density at radius 2 is 2.35 bits per heavy atom. The van der Waals surface area contributed by atoms with Crippen molar-refractivity contribution in [1.82, 2.24) is 4.90 Å². The largest absolute Gasteiger partial charge is 0.490 e. The Morgan fingerprint density at radius 1 is 1.57 bits per heavy atom. The van der Waals surface area contributed by atoms with E-state index in [0.717, 1.165) is 23.3 Å². The summed E-state index contributed by atoms with van der Waals surface area (Å²) in [7, 11) is 0. The van der Waals surface area contributed by atoms with Crippen LogP contribution in [0.3, 0.4) is 0 Å². The first-order valence-corrected chi connectivity index (χ1v) is 8.43. The van der Waals surface area contributed by atoms with Gasteiger partial charge < -0.3 is 9.84 Å². The zero-order valence-corrected chi connectivity index (χ0v) is 14.1. The Bertz CT molecular complexity index is 729. The molecule has 0 radical (unpaired) electrons. The maximum atomic E-state index is 12.4. The molecule has 0 spiro atoms. The number of ether oxygens (including phenoxy) is 1. The van der Waals surface area contributed by atoms with Crippen LogP contribution in [-0.4, -0.2) is 38.9 Å². The summed E-state index contributed by atoms with van der Waals surface area (Å²) in [5, 5.41) is 8.74. The lowest BCUT2D eigenvalue weighted by Crippen LogP contribution is -2.30. The van der Waals surface area contributed by atoms with E-state index >= 15 is 0 Å². The molecule has 1 saturated heterocycles. The van der Waals surface area contributed by atoms with Gasteiger partial charge in [-0.3, -0.25) is 14.5 Å². The molecule has 1 unspecified atom stereocenters. The van der Waals surface area contributed by atoms with Gasteiger partial charge in [0.1, 0.15) is 16.2 Å². The van der Waals surface area contributed by atoms with E-state index in [-0.39, 0.29) is 25.0 Å². The summed E-state index contributed by atoms with van der Waals surface area (Å²) < 4.78 is 6.07. The highest BCUT2D eigenvalue weighted by Gasteiger charge is 2.32. The van der Waals surface area contributed by atoms with Crippen LogP contribution >= 0.6 is 24.0 Å². The van der Waals surface area contributed by atoms with Crippen molar-refractivity contribution in [2.45, 2.75) is 25.9 Å². The molecule has 0 saturated carbocycles. The number of carboxylic acid groups (broad SMARTS) is 1. The highest BCUT2D eigenvalue weighted by Crippen LogP contribution is 2.34. The van der Waals surface area contributed by atoms with Gasteiger partial charge in [-0.1, -0.05) is 30.0 Å². The third-order valence-electron chi connectivity index (χ3n) is 3.64. The number of hydrogen-bond donors (Lipinski definition) is 1. The number of rotatable bonds is 4. The standard InChI is InChI=1S/C16H15NO4S2/c1-9-6-11-7-10(2-3-12(11)21-9)8-13-15(20)17(16(22)23-13)5-4-14(18)19/h2-3,7-9H,4-6H2,1H3,(H,18,19)/b13-8-. The van der Waals surface area contributed by atoms with Crippen molar-refractivity contribution in [3.63, 3.8) is 0 Å². The number of nitrogens with zero attached hydrogens (tertiary/aromatic N) is 1. The quantitative estimate of drug-likeness (QED) is 0.666. The van der Waals surface area contributed by atoms with Crippen molar-refractivity contribution in [3.05, 3.63) is 34.2 Å². The van der Waals surface area contributed by atoms with Gasteiger partial charge in [0.15, 0.2) is 0 Å². The minimum Gasteiger partial charge on any atom is -0.490 e. The van der Waals surface area contributed by atoms with Crippen LogP contribution in [0.2, 0.25) is 0 Å². The van der Waals surface area contributed by atoms with Crippen LogP contribution in [0.5, 0.6) is 5.75 Å². The zero-order valence-electron chi connectivity index (χ0n) is 12.4. The predicted molar refractivity (Wildman–Crippen MR) is 92.4 cm³/mol. The molecule has 3 rings (SSSR count). The van der Waals surface area contributed by atoms with Crippen molar-refractivity contribution in [2.75, 3.05) is 6.54 Å². The van der Waals surface area contributed by atoms with E-state index in [0.29, 0.717) is 9.23 Å². The fraction of sp³-hybridized carbons (Fsp3) is 0.312. The lowest BCUT2D eigenvalue weighted by atomic mass is 10.1. The average Bonchev–Trinajstić information content (AvgIpc) is 2.96. The minimum absolute atomic E-state index is 0.104. The van der Waals surface area contributed by atoms with Crippen molar-refractivity contribution >= 4 is 46.3 Å². The molecule has 1 atom stereocenters. The van der Waals surface area contributed by atoms with E-state index in [9.17, 15) is 9.59 Å². The van der Waals surface area contributed by atoms with Crippen molar-refractivity contribution in [1.29, 1.82) is 0 Å². The summed E-state index contributed by atoms with van der Waals surface area (Å²) in [5.74, 6) is -0.286. The average molecular weight is 349 g/mol. The Hall–Kier alpha value is -1.86. The monoisotopic (exact) mass is 349 g/mol. The molecule has 1 aromatic rings. The summed E-state index contributed by atoms with van der Waals surface area (Å²) in [4.78, 5) is 24.9. The number of carbonyl (C=O) groups is 2. The third kappa shape index (κ3) is 3.40. The number of fused-ring (bicyclic) bond motifs is 1. The van der Waals surface area contributed by atoms with Crippen molar-refractivity contribution in [3.8, 4) is 5.75 Å². The van der Waals surface area contributed by atoms with E-state index in [4.69, 9.17) is 22.1 Å². The van der Waals surface area contributed by atoms with Gasteiger partial charge in [-0.25, -0.2) is 0 Å². The van der Waals surface area contributed by atoms with Crippen LogP contribution in [0.1, 0.15) is 24.5 Å². The number of carbonyl (C=O) groups excluding carboxylic acids is 1. The molecule has 1 aromatic carbocycles. The van der Waals surface area contributed by atoms with Crippen LogP contribution in [0.25, 0.3) is 6.08 Å². The number of benzene rings is 1. The lowest BCUT2D eigenvalue weighted by molar-refractivity contribution is -0.137. The number of carboxylic acids is 1. The van der Waals surface area contributed by atoms with Gasteiger partial charge in [-0.05, 0) is 36.3 Å². The molecular weight excluding hydrogens is 334 g/mol. The highest BCUT2D eigenvalue weighted by atomic mass is 32.2. The number of hydrogen-bond acceptors (Lipinski definition) is 5. The predicted octanol–water partition coefficient (Wildman–Crippen LogP) is 2.69. The van der Waals surface area contributed by atoms with E-state index < -0.39 is 5.97 Å². The Morgan fingerprint density at radius 3 is 3.09 bits per heavy atom. The Labute approximate surface area is 143 Å². The lowest BCUT2D eigenvalue weighted by Gasteiger charge is -2.12. The number of thiocarbonyl (C=S) groups is 1. The van der Waals surface area contributed by atoms with E-state index in [1.165, 1.54) is 16.7 Å². The van der Waals surface area contributed by atoms with Gasteiger partial charge in [0.2, 0.25) is 0 Å². The SMILES string of the molecule is CC1Cc2cc(/C=C3\SC(=S)N(CCC(=O)O)C3=O)ccc2O1.